The molecule has 41 heavy (non-hydrogen) atoms. The van der Waals surface area contributed by atoms with E-state index in [0.29, 0.717) is 0 Å². The van der Waals surface area contributed by atoms with Crippen molar-refractivity contribution in [2.45, 2.75) is 12.3 Å². The van der Waals surface area contributed by atoms with E-state index in [1.165, 1.54) is 5.57 Å². The van der Waals surface area contributed by atoms with Gasteiger partial charge in [0.15, 0.2) is 0 Å². The van der Waals surface area contributed by atoms with Crippen molar-refractivity contribution in [1.82, 2.24) is 15.3 Å². The predicted molar refractivity (Wildman–Crippen MR) is 162 cm³/mol. The minimum absolute atomic E-state index is 0. The molecule has 6 N–H and O–H groups in total. The van der Waals surface area contributed by atoms with Crippen LogP contribution in [0.2, 0.25) is 0 Å². The van der Waals surface area contributed by atoms with Crippen LogP contribution in [0, 0.1) is 11.8 Å². The van der Waals surface area contributed by atoms with Gasteiger partial charge in [-0.15, -0.1) is 0 Å². The van der Waals surface area contributed by atoms with Crippen LogP contribution in [0.15, 0.2) is 120 Å². The van der Waals surface area contributed by atoms with Crippen LogP contribution in [-0.4, -0.2) is 22.3 Å². The molecule has 8 bridgehead atoms. The zero-order chi connectivity index (χ0) is 26.2. The molecule has 0 fully saturated rings. The van der Waals surface area contributed by atoms with Gasteiger partial charge in [0.25, 0.3) is 0 Å². The van der Waals surface area contributed by atoms with Crippen LogP contribution in [0.5, 0.6) is 0 Å². The molecule has 9 rings (SSSR count). The molecule has 2 aromatic heterocycles. The number of rotatable bonds is 0. The van der Waals surface area contributed by atoms with Gasteiger partial charge < -0.3 is 41.9 Å². The van der Waals surface area contributed by atoms with Gasteiger partial charge in [0.05, 0.1) is 0 Å². The van der Waals surface area contributed by atoms with E-state index >= 15 is 0 Å². The van der Waals surface area contributed by atoms with Crippen LogP contribution in [0.1, 0.15) is 0 Å². The van der Waals surface area contributed by atoms with Gasteiger partial charge in [-0.1, -0.05) is 109 Å². The Morgan fingerprint density at radius 2 is 1.24 bits per heavy atom. The Morgan fingerprint density at radius 1 is 0.585 bits per heavy atom. The molecule has 0 saturated heterocycles. The quantitative estimate of drug-likeness (QED) is 0.123. The van der Waals surface area contributed by atoms with Gasteiger partial charge in [-0.05, 0) is 17.1 Å². The zero-order valence-electron chi connectivity index (χ0n) is 21.7. The number of anilines is 3. The Balaban J connectivity index is 0.00000256. The fourth-order valence-corrected chi connectivity index (χ4v) is 6.50. The standard InChI is InChI=1S/C32H26N8.Cu/c1-2-10-18-17(9-1)25-33-26(18)38-28-21-13-5-6-14-22(21)30(35-28)40-32-24-16-8-7-15-23(24)31(36-32)39-29-20-12-4-3-11-19(20)27(34-29)37-25;/h1-17,23,25,31,33-35,37-38,40H;/q-2;+2. The Kier molecular flexibility index (Phi) is 5.38. The Labute approximate surface area is 247 Å². The van der Waals surface area contributed by atoms with Gasteiger partial charge in [0, 0.05) is 45.2 Å². The molecule has 205 valence electrons. The molecule has 2 aliphatic carbocycles. The molecule has 3 aliphatic heterocycles. The normalized spacial score (nSPS) is 25.0. The zero-order valence-corrected chi connectivity index (χ0v) is 22.7. The van der Waals surface area contributed by atoms with Gasteiger partial charge in [-0.2, -0.15) is 0 Å². The topological polar surface area (TPSA) is 108 Å². The van der Waals surface area contributed by atoms with E-state index < -0.39 is 0 Å². The second kappa shape index (κ2) is 9.16. The third-order valence-corrected chi connectivity index (χ3v) is 8.40. The number of nitrogens with one attached hydrogen (secondary N) is 6. The first-order chi connectivity index (χ1) is 19.8. The van der Waals surface area contributed by atoms with Crippen LogP contribution < -0.4 is 21.3 Å². The summed E-state index contributed by atoms with van der Waals surface area (Å²) < 4.78 is 0. The smallest absolute Gasteiger partial charge is 0.462 e. The van der Waals surface area contributed by atoms with Crippen molar-refractivity contribution in [3.05, 3.63) is 131 Å². The van der Waals surface area contributed by atoms with E-state index in [-0.39, 0.29) is 41.2 Å². The van der Waals surface area contributed by atoms with E-state index in [4.69, 9.17) is 10.6 Å². The fourth-order valence-electron chi connectivity index (χ4n) is 6.50. The first kappa shape index (κ1) is 24.1. The monoisotopic (exact) mass is 585 g/mol. The molecule has 5 heterocycles. The molecule has 5 aliphatic rings. The number of hydrogen-bond acceptors (Lipinski definition) is 4. The SMILES string of the molecule is C1=CC2=C3[N-]C([N-]c4[nH]c(c5ccccc45)NC4NC(=C5C=CC=CC54)Nc4[nH]c(c5ccccc45)N3)C2C=C1.[Cu+2]. The Morgan fingerprint density at radius 3 is 2.02 bits per heavy atom. The Bertz CT molecular complexity index is 1770. The second-order valence-electron chi connectivity index (χ2n) is 10.7. The van der Waals surface area contributed by atoms with Crippen LogP contribution in [-0.2, 0) is 17.1 Å². The molecular formula is C32H26CuN8. The summed E-state index contributed by atoms with van der Waals surface area (Å²) in [6, 6.07) is 16.8. The fraction of sp³-hybridized carbons (Fsp3) is 0.125. The van der Waals surface area contributed by atoms with Crippen molar-refractivity contribution in [2.75, 3.05) is 16.0 Å². The Hall–Kier alpha value is -4.72. The maximum absolute atomic E-state index is 5.21. The molecule has 4 aromatic rings. The molecule has 1 radical (unpaired) electrons. The van der Waals surface area contributed by atoms with Gasteiger partial charge in [-0.3, -0.25) is 0 Å². The van der Waals surface area contributed by atoms with Crippen molar-refractivity contribution < 1.29 is 17.1 Å². The first-order valence-corrected chi connectivity index (χ1v) is 13.7. The predicted octanol–water partition coefficient (Wildman–Crippen LogP) is 7.15. The van der Waals surface area contributed by atoms with Gasteiger partial charge >= 0.3 is 17.1 Å². The average molecular weight is 586 g/mol. The van der Waals surface area contributed by atoms with E-state index in [1.807, 2.05) is 0 Å². The summed E-state index contributed by atoms with van der Waals surface area (Å²) in [5.41, 5.74) is 2.34. The number of nitrogens with zero attached hydrogens (tertiary/aromatic N) is 2. The van der Waals surface area contributed by atoms with Gasteiger partial charge in [-0.25, -0.2) is 0 Å². The van der Waals surface area contributed by atoms with Crippen molar-refractivity contribution in [3.8, 4) is 0 Å². The molecule has 0 amide bonds. The van der Waals surface area contributed by atoms with Crippen LogP contribution in [0.3, 0.4) is 0 Å². The van der Waals surface area contributed by atoms with Crippen molar-refractivity contribution >= 4 is 44.8 Å². The number of H-pyrrole nitrogens is 2. The third-order valence-electron chi connectivity index (χ3n) is 8.40. The van der Waals surface area contributed by atoms with Crippen LogP contribution >= 0.6 is 0 Å². The van der Waals surface area contributed by atoms with Gasteiger partial charge in [0.1, 0.15) is 17.8 Å². The summed E-state index contributed by atoms with van der Waals surface area (Å²) in [5, 5.41) is 29.5. The van der Waals surface area contributed by atoms with E-state index in [1.54, 1.807) is 0 Å². The van der Waals surface area contributed by atoms with Crippen LogP contribution in [0.4, 0.5) is 23.3 Å². The number of allylic oxidation sites excluding steroid dienone is 6. The maximum atomic E-state index is 5.21. The molecular weight excluding hydrogens is 560 g/mol. The number of hydrogen-bond donors (Lipinski definition) is 6. The van der Waals surface area contributed by atoms with Crippen LogP contribution in [0.25, 0.3) is 32.2 Å². The molecule has 8 nitrogen and oxygen atoms in total. The average Bonchev–Trinajstić information content (AvgIpc) is 3.73. The van der Waals surface area contributed by atoms with Crippen molar-refractivity contribution in [2.24, 2.45) is 11.8 Å². The number of aromatic amines is 2. The summed E-state index contributed by atoms with van der Waals surface area (Å²) in [7, 11) is 0. The summed E-state index contributed by atoms with van der Waals surface area (Å²) in [4.78, 5) is 7.23. The summed E-state index contributed by atoms with van der Waals surface area (Å²) in [5.74, 6) is 5.63. The van der Waals surface area contributed by atoms with Crippen molar-refractivity contribution in [3.63, 3.8) is 0 Å². The molecule has 4 atom stereocenters. The first-order valence-electron chi connectivity index (χ1n) is 13.7. The summed E-state index contributed by atoms with van der Waals surface area (Å²) in [6.07, 6.45) is 16.8. The summed E-state index contributed by atoms with van der Waals surface area (Å²) in [6.45, 7) is 0. The number of aromatic nitrogens is 2. The van der Waals surface area contributed by atoms with E-state index in [9.17, 15) is 0 Å². The molecule has 0 saturated carbocycles. The minimum Gasteiger partial charge on any atom is -0.462 e. The largest absolute Gasteiger partial charge is 2.00 e. The van der Waals surface area contributed by atoms with Crippen molar-refractivity contribution in [1.29, 1.82) is 0 Å². The summed E-state index contributed by atoms with van der Waals surface area (Å²) >= 11 is 0. The maximum Gasteiger partial charge on any atom is 2.00 e. The van der Waals surface area contributed by atoms with Gasteiger partial charge in [0.2, 0.25) is 0 Å². The molecule has 9 heteroatoms. The molecule has 0 spiro atoms. The number of fused-ring (bicyclic) bond motifs is 18. The number of benzene rings is 2. The molecule has 4 unspecified atom stereocenters. The van der Waals surface area contributed by atoms with E-state index in [2.05, 4.69) is 128 Å². The molecule has 2 aromatic carbocycles. The second-order valence-corrected chi connectivity index (χ2v) is 10.7. The van der Waals surface area contributed by atoms with E-state index in [0.717, 1.165) is 62.0 Å². The minimum atomic E-state index is -0.281. The third kappa shape index (κ3) is 3.66.